The van der Waals surface area contributed by atoms with Gasteiger partial charge < -0.3 is 10.6 Å². The number of benzene rings is 2. The van der Waals surface area contributed by atoms with E-state index in [1.807, 2.05) is 50.2 Å². The van der Waals surface area contributed by atoms with Crippen molar-refractivity contribution in [3.8, 4) is 11.3 Å². The van der Waals surface area contributed by atoms with Crippen LogP contribution in [-0.4, -0.2) is 16.5 Å². The van der Waals surface area contributed by atoms with E-state index in [4.69, 9.17) is 0 Å². The fourth-order valence-corrected chi connectivity index (χ4v) is 2.41. The lowest BCUT2D eigenvalue weighted by Gasteiger charge is -2.12. The third kappa shape index (κ3) is 3.68. The van der Waals surface area contributed by atoms with Crippen LogP contribution in [0.2, 0.25) is 0 Å². The molecule has 5 heteroatoms. The zero-order valence-electron chi connectivity index (χ0n) is 13.7. The Morgan fingerprint density at radius 3 is 2.50 bits per heavy atom. The molecule has 0 saturated carbocycles. The van der Waals surface area contributed by atoms with Crippen LogP contribution in [0.25, 0.3) is 11.3 Å². The van der Waals surface area contributed by atoms with Crippen LogP contribution in [0.15, 0.2) is 54.6 Å². The summed E-state index contributed by atoms with van der Waals surface area (Å²) in [5.74, 6) is 0.967. The molecule has 2 N–H and O–H groups in total. The minimum Gasteiger partial charge on any atom is -0.354 e. The number of halogens is 1. The summed E-state index contributed by atoms with van der Waals surface area (Å²) in [5, 5.41) is 6.40. The van der Waals surface area contributed by atoms with E-state index in [2.05, 4.69) is 20.6 Å². The third-order valence-electron chi connectivity index (χ3n) is 3.58. The second kappa shape index (κ2) is 7.08. The van der Waals surface area contributed by atoms with Crippen molar-refractivity contribution in [2.75, 3.05) is 17.2 Å². The lowest BCUT2D eigenvalue weighted by atomic mass is 10.1. The first kappa shape index (κ1) is 15.9. The number of anilines is 3. The quantitative estimate of drug-likeness (QED) is 0.710. The smallest absolute Gasteiger partial charge is 0.225 e. The van der Waals surface area contributed by atoms with E-state index < -0.39 is 0 Å². The number of hydrogen-bond donors (Lipinski definition) is 2. The molecule has 3 aromatic rings. The highest BCUT2D eigenvalue weighted by atomic mass is 19.1. The number of aryl methyl sites for hydroxylation is 1. The van der Waals surface area contributed by atoms with Crippen LogP contribution in [0.5, 0.6) is 0 Å². The van der Waals surface area contributed by atoms with E-state index in [0.717, 1.165) is 29.1 Å². The molecule has 2 aromatic carbocycles. The number of nitrogens with one attached hydrogen (secondary N) is 2. The zero-order chi connectivity index (χ0) is 16.9. The van der Waals surface area contributed by atoms with Crippen LogP contribution in [-0.2, 0) is 0 Å². The molecule has 0 spiro atoms. The maximum absolute atomic E-state index is 13.3. The molecule has 0 aliphatic heterocycles. The van der Waals surface area contributed by atoms with Gasteiger partial charge in [-0.3, -0.25) is 0 Å². The fraction of sp³-hybridized carbons (Fsp3) is 0.158. The van der Waals surface area contributed by atoms with E-state index in [-0.39, 0.29) is 5.82 Å². The van der Waals surface area contributed by atoms with Crippen LogP contribution in [0.4, 0.5) is 21.8 Å². The summed E-state index contributed by atoms with van der Waals surface area (Å²) in [6.07, 6.45) is 0. The molecule has 0 fully saturated rings. The van der Waals surface area contributed by atoms with Crippen LogP contribution in [0.3, 0.4) is 0 Å². The van der Waals surface area contributed by atoms with Gasteiger partial charge in [0.1, 0.15) is 11.6 Å². The molecule has 0 aliphatic rings. The molecule has 3 rings (SSSR count). The van der Waals surface area contributed by atoms with Gasteiger partial charge >= 0.3 is 0 Å². The maximum atomic E-state index is 13.3. The summed E-state index contributed by atoms with van der Waals surface area (Å²) in [6, 6.07) is 16.4. The summed E-state index contributed by atoms with van der Waals surface area (Å²) < 4.78 is 13.3. The molecule has 0 unspecified atom stereocenters. The summed E-state index contributed by atoms with van der Waals surface area (Å²) in [7, 11) is 0. The molecule has 0 amide bonds. The van der Waals surface area contributed by atoms with E-state index in [1.165, 1.54) is 12.1 Å². The van der Waals surface area contributed by atoms with Crippen LogP contribution in [0.1, 0.15) is 12.5 Å². The van der Waals surface area contributed by atoms with Gasteiger partial charge in [-0.2, -0.15) is 4.98 Å². The fourth-order valence-electron chi connectivity index (χ4n) is 2.41. The van der Waals surface area contributed by atoms with E-state index in [0.29, 0.717) is 11.8 Å². The van der Waals surface area contributed by atoms with Gasteiger partial charge in [-0.05, 0) is 37.6 Å². The Hall–Kier alpha value is -2.95. The zero-order valence-corrected chi connectivity index (χ0v) is 13.7. The Kier molecular flexibility index (Phi) is 4.70. The van der Waals surface area contributed by atoms with E-state index >= 15 is 0 Å². The van der Waals surface area contributed by atoms with Crippen molar-refractivity contribution >= 4 is 17.5 Å². The van der Waals surface area contributed by atoms with E-state index in [1.54, 1.807) is 6.07 Å². The van der Waals surface area contributed by atoms with Crippen LogP contribution >= 0.6 is 0 Å². The van der Waals surface area contributed by atoms with Gasteiger partial charge in [0, 0.05) is 23.9 Å². The number of aromatic nitrogens is 2. The van der Waals surface area contributed by atoms with Crippen molar-refractivity contribution in [1.82, 2.24) is 9.97 Å². The Morgan fingerprint density at radius 1 is 1.00 bits per heavy atom. The number of nitrogens with zero attached hydrogens (tertiary/aromatic N) is 2. The largest absolute Gasteiger partial charge is 0.354 e. The lowest BCUT2D eigenvalue weighted by Crippen LogP contribution is -2.05. The van der Waals surface area contributed by atoms with Crippen molar-refractivity contribution in [3.05, 3.63) is 66.0 Å². The van der Waals surface area contributed by atoms with Gasteiger partial charge in [0.25, 0.3) is 0 Å². The first-order valence-electron chi connectivity index (χ1n) is 7.87. The summed E-state index contributed by atoms with van der Waals surface area (Å²) in [4.78, 5) is 9.03. The summed E-state index contributed by atoms with van der Waals surface area (Å²) in [6.45, 7) is 4.58. The number of hydrogen-bond acceptors (Lipinski definition) is 4. The minimum absolute atomic E-state index is 0.251. The SMILES string of the molecule is CCNc1nc(Nc2ccc(F)cc2C)cc(-c2ccccc2)n1. The second-order valence-electron chi connectivity index (χ2n) is 5.44. The van der Waals surface area contributed by atoms with Gasteiger partial charge in [-0.25, -0.2) is 9.37 Å². The molecule has 24 heavy (non-hydrogen) atoms. The van der Waals surface area contributed by atoms with Gasteiger partial charge in [0.2, 0.25) is 5.95 Å². The first-order valence-corrected chi connectivity index (χ1v) is 7.87. The highest BCUT2D eigenvalue weighted by molar-refractivity contribution is 5.68. The first-order chi connectivity index (χ1) is 11.7. The second-order valence-corrected chi connectivity index (χ2v) is 5.44. The monoisotopic (exact) mass is 322 g/mol. The van der Waals surface area contributed by atoms with E-state index in [9.17, 15) is 4.39 Å². The molecular weight excluding hydrogens is 303 g/mol. The molecule has 0 atom stereocenters. The Balaban J connectivity index is 1.99. The normalized spacial score (nSPS) is 10.5. The van der Waals surface area contributed by atoms with Crippen LogP contribution in [0, 0.1) is 12.7 Å². The molecule has 1 aromatic heterocycles. The minimum atomic E-state index is -0.251. The molecule has 0 saturated heterocycles. The molecular formula is C19H19FN4. The predicted molar refractivity (Wildman–Crippen MR) is 96.1 cm³/mol. The summed E-state index contributed by atoms with van der Waals surface area (Å²) >= 11 is 0. The third-order valence-corrected chi connectivity index (χ3v) is 3.58. The topological polar surface area (TPSA) is 49.8 Å². The lowest BCUT2D eigenvalue weighted by molar-refractivity contribution is 0.627. The summed E-state index contributed by atoms with van der Waals surface area (Å²) in [5.41, 5.74) is 3.47. The average Bonchev–Trinajstić information content (AvgIpc) is 2.58. The molecule has 0 aliphatic carbocycles. The standard InChI is InChI=1S/C19H19FN4/c1-3-21-19-23-17(14-7-5-4-6-8-14)12-18(24-19)22-16-10-9-15(20)11-13(16)2/h4-12H,3H2,1-2H3,(H2,21,22,23,24). The van der Waals surface area contributed by atoms with Crippen molar-refractivity contribution in [2.24, 2.45) is 0 Å². The molecule has 0 radical (unpaired) electrons. The van der Waals surface area contributed by atoms with Crippen molar-refractivity contribution < 1.29 is 4.39 Å². The predicted octanol–water partition coefficient (Wildman–Crippen LogP) is 4.77. The molecule has 4 nitrogen and oxygen atoms in total. The Labute approximate surface area is 140 Å². The van der Waals surface area contributed by atoms with Crippen LogP contribution < -0.4 is 10.6 Å². The Bertz CT molecular complexity index is 834. The van der Waals surface area contributed by atoms with Gasteiger partial charge in [0.15, 0.2) is 0 Å². The van der Waals surface area contributed by atoms with Crippen molar-refractivity contribution in [3.63, 3.8) is 0 Å². The van der Waals surface area contributed by atoms with Crippen molar-refractivity contribution in [1.29, 1.82) is 0 Å². The average molecular weight is 322 g/mol. The van der Waals surface area contributed by atoms with Gasteiger partial charge in [-0.1, -0.05) is 30.3 Å². The maximum Gasteiger partial charge on any atom is 0.225 e. The highest BCUT2D eigenvalue weighted by Crippen LogP contribution is 2.25. The molecule has 122 valence electrons. The Morgan fingerprint density at radius 2 is 1.79 bits per heavy atom. The van der Waals surface area contributed by atoms with Gasteiger partial charge in [-0.15, -0.1) is 0 Å². The number of rotatable bonds is 5. The molecule has 1 heterocycles. The highest BCUT2D eigenvalue weighted by Gasteiger charge is 2.08. The van der Waals surface area contributed by atoms with Crippen molar-refractivity contribution in [2.45, 2.75) is 13.8 Å². The molecule has 0 bridgehead atoms. The van der Waals surface area contributed by atoms with Gasteiger partial charge in [0.05, 0.1) is 5.69 Å².